The van der Waals surface area contributed by atoms with Crippen molar-refractivity contribution >= 4 is 29.8 Å². The summed E-state index contributed by atoms with van der Waals surface area (Å²) < 4.78 is 2.85. The maximum absolute atomic E-state index is 12.0. The second-order valence-corrected chi connectivity index (χ2v) is 6.31. The van der Waals surface area contributed by atoms with Gasteiger partial charge >= 0.3 is 0 Å². The van der Waals surface area contributed by atoms with Crippen LogP contribution < -0.4 is 14.9 Å². The molecule has 0 aromatic carbocycles. The van der Waals surface area contributed by atoms with E-state index < -0.39 is 0 Å². The summed E-state index contributed by atoms with van der Waals surface area (Å²) in [6.07, 6.45) is 1.90. The molecule has 1 aromatic rings. The van der Waals surface area contributed by atoms with E-state index >= 15 is 0 Å². The maximum Gasteiger partial charge on any atom is 0.236 e. The number of rotatable bonds is 8. The van der Waals surface area contributed by atoms with Gasteiger partial charge in [-0.25, -0.2) is 0 Å². The third-order valence-electron chi connectivity index (χ3n) is 3.77. The molecule has 1 amide bonds. The van der Waals surface area contributed by atoms with E-state index in [2.05, 4.69) is 43.7 Å². The fourth-order valence-corrected chi connectivity index (χ4v) is 2.60. The SMILES string of the molecule is CCNc1nc(SNC(=O)C2(C)CC2)nc(N(CC)CC)n1. The lowest BCUT2D eigenvalue weighted by molar-refractivity contribution is -0.123. The lowest BCUT2D eigenvalue weighted by atomic mass is 10.1. The number of nitrogens with one attached hydrogen (secondary N) is 2. The second-order valence-electron chi connectivity index (χ2n) is 5.54. The van der Waals surface area contributed by atoms with Gasteiger partial charge in [0.25, 0.3) is 0 Å². The molecule has 1 fully saturated rings. The van der Waals surface area contributed by atoms with Gasteiger partial charge in [0.15, 0.2) is 0 Å². The second kappa shape index (κ2) is 7.13. The number of hydrogen-bond acceptors (Lipinski definition) is 7. The van der Waals surface area contributed by atoms with Gasteiger partial charge in [0.1, 0.15) is 0 Å². The van der Waals surface area contributed by atoms with Gasteiger partial charge in [-0.3, -0.25) is 9.52 Å². The third kappa shape index (κ3) is 4.00. The molecule has 0 saturated heterocycles. The van der Waals surface area contributed by atoms with Crippen molar-refractivity contribution < 1.29 is 4.79 Å². The summed E-state index contributed by atoms with van der Waals surface area (Å²) >= 11 is 1.16. The van der Waals surface area contributed by atoms with Gasteiger partial charge in [-0.1, -0.05) is 6.92 Å². The predicted molar refractivity (Wildman–Crippen MR) is 88.9 cm³/mol. The molecule has 0 spiro atoms. The Morgan fingerprint density at radius 1 is 1.23 bits per heavy atom. The van der Waals surface area contributed by atoms with Crippen LogP contribution >= 0.6 is 11.9 Å². The van der Waals surface area contributed by atoms with E-state index in [0.717, 1.165) is 44.4 Å². The van der Waals surface area contributed by atoms with Crippen LogP contribution in [0.4, 0.5) is 11.9 Å². The zero-order valence-electron chi connectivity index (χ0n) is 13.6. The highest BCUT2D eigenvalue weighted by molar-refractivity contribution is 7.97. The van der Waals surface area contributed by atoms with Gasteiger partial charge in [-0.2, -0.15) is 15.0 Å². The molecule has 1 saturated carbocycles. The Morgan fingerprint density at radius 3 is 2.45 bits per heavy atom. The van der Waals surface area contributed by atoms with E-state index in [9.17, 15) is 4.79 Å². The summed E-state index contributed by atoms with van der Waals surface area (Å²) in [5, 5.41) is 3.61. The Balaban J connectivity index is 2.12. The first-order chi connectivity index (χ1) is 10.5. The van der Waals surface area contributed by atoms with E-state index in [-0.39, 0.29) is 11.3 Å². The standard InChI is InChI=1S/C14H24N6OS/c1-5-15-11-16-12(20(6-2)7-3)18-13(17-11)22-19-10(21)14(4)8-9-14/h5-9H2,1-4H3,(H,19,21)(H,15,16,17,18). The molecule has 0 aliphatic heterocycles. The summed E-state index contributed by atoms with van der Waals surface area (Å²) in [6.45, 7) is 10.5. The van der Waals surface area contributed by atoms with Crippen molar-refractivity contribution in [3.63, 3.8) is 0 Å². The highest BCUT2D eigenvalue weighted by atomic mass is 32.2. The highest BCUT2D eigenvalue weighted by Gasteiger charge is 2.45. The van der Waals surface area contributed by atoms with Gasteiger partial charge in [0, 0.05) is 37.0 Å². The van der Waals surface area contributed by atoms with Gasteiger partial charge in [-0.15, -0.1) is 0 Å². The zero-order chi connectivity index (χ0) is 16.2. The number of carbonyl (C=O) groups excluding carboxylic acids is 1. The highest BCUT2D eigenvalue weighted by Crippen LogP contribution is 2.45. The van der Waals surface area contributed by atoms with Crippen molar-refractivity contribution in [2.45, 2.75) is 45.7 Å². The molecule has 1 aliphatic rings. The molecule has 2 rings (SSSR count). The normalized spacial score (nSPS) is 15.3. The summed E-state index contributed by atoms with van der Waals surface area (Å²) in [5.41, 5.74) is -0.202. The molecule has 1 aliphatic carbocycles. The first kappa shape index (κ1) is 16.8. The summed E-state index contributed by atoms with van der Waals surface area (Å²) in [6, 6.07) is 0. The molecule has 1 heterocycles. The van der Waals surface area contributed by atoms with Crippen molar-refractivity contribution in [1.29, 1.82) is 0 Å². The van der Waals surface area contributed by atoms with Gasteiger partial charge in [-0.05, 0) is 33.6 Å². The van der Waals surface area contributed by atoms with Crippen LogP contribution in [0.25, 0.3) is 0 Å². The lowest BCUT2D eigenvalue weighted by Crippen LogP contribution is -2.27. The van der Waals surface area contributed by atoms with Crippen molar-refractivity contribution in [1.82, 2.24) is 19.7 Å². The lowest BCUT2D eigenvalue weighted by Gasteiger charge is -2.19. The Hall–Kier alpha value is -1.57. The Morgan fingerprint density at radius 2 is 1.91 bits per heavy atom. The maximum atomic E-state index is 12.0. The number of aromatic nitrogens is 3. The van der Waals surface area contributed by atoms with Crippen LogP contribution in [0.15, 0.2) is 5.16 Å². The van der Waals surface area contributed by atoms with E-state index in [1.165, 1.54) is 0 Å². The van der Waals surface area contributed by atoms with Crippen LogP contribution in [0, 0.1) is 5.41 Å². The first-order valence-electron chi connectivity index (χ1n) is 7.74. The average molecular weight is 324 g/mol. The monoisotopic (exact) mass is 324 g/mol. The quantitative estimate of drug-likeness (QED) is 0.708. The molecule has 0 atom stereocenters. The Labute approximate surface area is 135 Å². The average Bonchev–Trinajstić information content (AvgIpc) is 3.25. The minimum absolute atomic E-state index is 0.0484. The van der Waals surface area contributed by atoms with E-state index in [0.29, 0.717) is 17.1 Å². The number of anilines is 2. The van der Waals surface area contributed by atoms with Crippen molar-refractivity contribution in [3.05, 3.63) is 0 Å². The van der Waals surface area contributed by atoms with Crippen LogP contribution in [-0.4, -0.2) is 40.5 Å². The Bertz CT molecular complexity index is 530. The molecule has 7 nitrogen and oxygen atoms in total. The van der Waals surface area contributed by atoms with Crippen LogP contribution in [-0.2, 0) is 4.79 Å². The van der Waals surface area contributed by atoms with E-state index in [1.54, 1.807) is 0 Å². The molecule has 0 radical (unpaired) electrons. The molecule has 122 valence electrons. The van der Waals surface area contributed by atoms with Crippen LogP contribution in [0.2, 0.25) is 0 Å². The van der Waals surface area contributed by atoms with Crippen molar-refractivity contribution in [3.8, 4) is 0 Å². The smallest absolute Gasteiger partial charge is 0.236 e. The minimum Gasteiger partial charge on any atom is -0.354 e. The van der Waals surface area contributed by atoms with E-state index in [4.69, 9.17) is 0 Å². The van der Waals surface area contributed by atoms with Gasteiger partial charge in [0.2, 0.25) is 23.0 Å². The summed E-state index contributed by atoms with van der Waals surface area (Å²) in [4.78, 5) is 27.3. The van der Waals surface area contributed by atoms with Crippen LogP contribution in [0.5, 0.6) is 0 Å². The fraction of sp³-hybridized carbons (Fsp3) is 0.714. The molecule has 8 heteroatoms. The van der Waals surface area contributed by atoms with E-state index in [1.807, 2.05) is 13.8 Å². The molecule has 22 heavy (non-hydrogen) atoms. The molecule has 0 unspecified atom stereocenters. The molecule has 2 N–H and O–H groups in total. The van der Waals surface area contributed by atoms with Crippen molar-refractivity contribution in [2.75, 3.05) is 29.9 Å². The first-order valence-corrected chi connectivity index (χ1v) is 8.56. The predicted octanol–water partition coefficient (Wildman–Crippen LogP) is 2.07. The number of hydrogen-bond donors (Lipinski definition) is 2. The number of amides is 1. The summed E-state index contributed by atoms with van der Waals surface area (Å²) in [7, 11) is 0. The largest absolute Gasteiger partial charge is 0.354 e. The van der Waals surface area contributed by atoms with Crippen LogP contribution in [0.3, 0.4) is 0 Å². The van der Waals surface area contributed by atoms with Gasteiger partial charge < -0.3 is 10.2 Å². The summed E-state index contributed by atoms with van der Waals surface area (Å²) in [5.74, 6) is 1.21. The fourth-order valence-electron chi connectivity index (χ4n) is 1.91. The third-order valence-corrected chi connectivity index (χ3v) is 4.42. The zero-order valence-corrected chi connectivity index (χ0v) is 14.5. The molecular formula is C14H24N6OS. The number of nitrogens with zero attached hydrogens (tertiary/aromatic N) is 4. The van der Waals surface area contributed by atoms with Crippen molar-refractivity contribution in [2.24, 2.45) is 5.41 Å². The topological polar surface area (TPSA) is 83.0 Å². The van der Waals surface area contributed by atoms with Gasteiger partial charge in [0.05, 0.1) is 0 Å². The molecule has 0 bridgehead atoms. The molecule has 1 aromatic heterocycles. The Kier molecular flexibility index (Phi) is 5.44. The minimum atomic E-state index is -0.202. The number of carbonyl (C=O) groups is 1. The molecular weight excluding hydrogens is 300 g/mol. The van der Waals surface area contributed by atoms with Crippen LogP contribution in [0.1, 0.15) is 40.5 Å².